The van der Waals surface area contributed by atoms with Gasteiger partial charge in [-0.25, -0.2) is 9.18 Å². The zero-order valence-electron chi connectivity index (χ0n) is 15.4. The van der Waals surface area contributed by atoms with Gasteiger partial charge in [0, 0.05) is 11.1 Å². The van der Waals surface area contributed by atoms with Crippen LogP contribution in [0, 0.1) is 17.7 Å². The molecule has 0 spiro atoms. The van der Waals surface area contributed by atoms with Crippen molar-refractivity contribution >= 4 is 11.8 Å². The number of ether oxygens (including phenoxy) is 2. The Kier molecular flexibility index (Phi) is 5.00. The van der Waals surface area contributed by atoms with Crippen molar-refractivity contribution in [3.8, 4) is 17.6 Å². The van der Waals surface area contributed by atoms with Crippen molar-refractivity contribution in [3.63, 3.8) is 0 Å². The van der Waals surface area contributed by atoms with Crippen LogP contribution in [0.25, 0.3) is 0 Å². The summed E-state index contributed by atoms with van der Waals surface area (Å²) in [7, 11) is 0. The maximum Gasteiger partial charge on any atom is 0.341 e. The molecule has 27 heavy (non-hydrogen) atoms. The molecular weight excluding hydrogens is 347 g/mol. The highest BCUT2D eigenvalue weighted by molar-refractivity contribution is 6.00. The smallest absolute Gasteiger partial charge is 0.341 e. The Morgan fingerprint density at radius 3 is 2.52 bits per heavy atom. The number of esters is 1. The fourth-order valence-electron chi connectivity index (χ4n) is 2.84. The Bertz CT molecular complexity index is 980. The van der Waals surface area contributed by atoms with E-state index < -0.39 is 17.4 Å². The molecule has 0 bridgehead atoms. The zero-order valence-corrected chi connectivity index (χ0v) is 15.4. The van der Waals surface area contributed by atoms with Crippen molar-refractivity contribution < 1.29 is 23.5 Å². The van der Waals surface area contributed by atoms with Crippen LogP contribution in [-0.2, 0) is 4.74 Å². The Labute approximate surface area is 157 Å². The summed E-state index contributed by atoms with van der Waals surface area (Å²) in [4.78, 5) is 23.9. The molecule has 1 heterocycles. The second-order valence-corrected chi connectivity index (χ2v) is 6.84. The number of hydrogen-bond donors (Lipinski definition) is 0. The van der Waals surface area contributed by atoms with Crippen LogP contribution < -0.4 is 4.74 Å². The van der Waals surface area contributed by atoms with Crippen LogP contribution in [0.1, 0.15) is 59.0 Å². The summed E-state index contributed by atoms with van der Waals surface area (Å²) in [5.41, 5.74) is 0.906. The summed E-state index contributed by atoms with van der Waals surface area (Å²) in [6.45, 7) is 5.58. The molecule has 5 heteroatoms. The highest BCUT2D eigenvalue weighted by Crippen LogP contribution is 2.33. The molecule has 0 N–H and O–H groups in total. The molecule has 2 aromatic rings. The van der Waals surface area contributed by atoms with Crippen LogP contribution in [0.2, 0.25) is 0 Å². The Balaban J connectivity index is 1.85. The Morgan fingerprint density at radius 1 is 1.19 bits per heavy atom. The molecule has 0 amide bonds. The number of ketones is 1. The maximum absolute atomic E-state index is 14.1. The first kappa shape index (κ1) is 18.7. The monoisotopic (exact) mass is 366 g/mol. The van der Waals surface area contributed by atoms with E-state index in [2.05, 4.69) is 11.8 Å². The third kappa shape index (κ3) is 4.17. The summed E-state index contributed by atoms with van der Waals surface area (Å²) in [5.74, 6) is 4.93. The molecule has 0 radical (unpaired) electrons. The van der Waals surface area contributed by atoms with E-state index in [0.29, 0.717) is 28.9 Å². The number of hydrogen-bond acceptors (Lipinski definition) is 4. The van der Waals surface area contributed by atoms with E-state index >= 15 is 0 Å². The standard InChI is InChI=1S/C22H19FO4/c1-4-26-21(25)16-9-7-15(12-18(16)23)6-5-14-8-10-20-17(11-14)19(24)13-22(2,3)27-20/h7-12H,4,13H2,1-3H3. The summed E-state index contributed by atoms with van der Waals surface area (Å²) < 4.78 is 24.7. The predicted molar refractivity (Wildman–Crippen MR) is 98.4 cm³/mol. The maximum atomic E-state index is 14.1. The second kappa shape index (κ2) is 7.24. The van der Waals surface area contributed by atoms with Gasteiger partial charge in [-0.1, -0.05) is 11.8 Å². The Hall–Kier alpha value is -3.13. The van der Waals surface area contributed by atoms with Gasteiger partial charge in [0.15, 0.2) is 5.78 Å². The van der Waals surface area contributed by atoms with Crippen molar-refractivity contribution in [2.75, 3.05) is 6.61 Å². The molecule has 1 aliphatic rings. The number of Topliss-reactive ketones (excluding diaryl/α,β-unsaturated/α-hetero) is 1. The number of carbonyl (C=O) groups excluding carboxylic acids is 2. The molecule has 0 saturated carbocycles. The molecule has 0 aliphatic carbocycles. The van der Waals surface area contributed by atoms with Crippen LogP contribution in [0.15, 0.2) is 36.4 Å². The highest BCUT2D eigenvalue weighted by Gasteiger charge is 2.32. The number of halogens is 1. The van der Waals surface area contributed by atoms with E-state index in [1.807, 2.05) is 13.8 Å². The van der Waals surface area contributed by atoms with Crippen LogP contribution in [0.4, 0.5) is 4.39 Å². The SMILES string of the molecule is CCOC(=O)c1ccc(C#Cc2ccc3c(c2)C(=O)CC(C)(C)O3)cc1F. The van der Waals surface area contributed by atoms with Crippen molar-refractivity contribution in [2.24, 2.45) is 0 Å². The van der Waals surface area contributed by atoms with Gasteiger partial charge < -0.3 is 9.47 Å². The van der Waals surface area contributed by atoms with Crippen molar-refractivity contribution in [1.29, 1.82) is 0 Å². The van der Waals surface area contributed by atoms with E-state index in [4.69, 9.17) is 9.47 Å². The molecule has 0 fully saturated rings. The minimum atomic E-state index is -0.703. The first-order valence-electron chi connectivity index (χ1n) is 8.64. The normalized spacial score (nSPS) is 14.4. The molecule has 4 nitrogen and oxygen atoms in total. The molecule has 2 aromatic carbocycles. The summed E-state index contributed by atoms with van der Waals surface area (Å²) in [6, 6.07) is 9.26. The first-order chi connectivity index (χ1) is 12.8. The number of fused-ring (bicyclic) bond motifs is 1. The van der Waals surface area contributed by atoms with Gasteiger partial charge in [0.05, 0.1) is 24.2 Å². The fourth-order valence-corrected chi connectivity index (χ4v) is 2.84. The summed E-state index contributed by atoms with van der Waals surface area (Å²) >= 11 is 0. The number of rotatable bonds is 2. The average Bonchev–Trinajstić information content (AvgIpc) is 2.59. The van der Waals surface area contributed by atoms with E-state index in [9.17, 15) is 14.0 Å². The molecule has 0 aromatic heterocycles. The quantitative estimate of drug-likeness (QED) is 0.592. The van der Waals surface area contributed by atoms with Gasteiger partial charge in [0.1, 0.15) is 17.2 Å². The molecule has 1 aliphatic heterocycles. The lowest BCUT2D eigenvalue weighted by atomic mass is 9.92. The van der Waals surface area contributed by atoms with Crippen molar-refractivity contribution in [3.05, 3.63) is 64.5 Å². The highest BCUT2D eigenvalue weighted by atomic mass is 19.1. The lowest BCUT2D eigenvalue weighted by Crippen LogP contribution is -2.35. The number of benzene rings is 2. The molecule has 3 rings (SSSR count). The molecule has 0 unspecified atom stereocenters. The molecular formula is C22H19FO4. The van der Waals surface area contributed by atoms with Crippen molar-refractivity contribution in [1.82, 2.24) is 0 Å². The van der Waals surface area contributed by atoms with E-state index in [1.54, 1.807) is 31.2 Å². The Morgan fingerprint density at radius 2 is 1.85 bits per heavy atom. The minimum Gasteiger partial charge on any atom is -0.487 e. The lowest BCUT2D eigenvalue weighted by molar-refractivity contribution is 0.0520. The lowest BCUT2D eigenvalue weighted by Gasteiger charge is -2.31. The van der Waals surface area contributed by atoms with Gasteiger partial charge in [-0.05, 0) is 57.2 Å². The third-order valence-corrected chi connectivity index (χ3v) is 4.07. The van der Waals surface area contributed by atoms with Crippen LogP contribution >= 0.6 is 0 Å². The first-order valence-corrected chi connectivity index (χ1v) is 8.64. The minimum absolute atomic E-state index is 0.00901. The largest absolute Gasteiger partial charge is 0.487 e. The van der Waals surface area contributed by atoms with E-state index in [1.165, 1.54) is 12.1 Å². The third-order valence-electron chi connectivity index (χ3n) is 4.07. The van der Waals surface area contributed by atoms with Gasteiger partial charge in [-0.2, -0.15) is 0 Å². The molecule has 0 atom stereocenters. The second-order valence-electron chi connectivity index (χ2n) is 6.84. The zero-order chi connectivity index (χ0) is 19.6. The topological polar surface area (TPSA) is 52.6 Å². The average molecular weight is 366 g/mol. The summed E-state index contributed by atoms with van der Waals surface area (Å²) in [5, 5.41) is 0. The predicted octanol–water partition coefficient (Wildman–Crippen LogP) is 4.15. The van der Waals surface area contributed by atoms with E-state index in [-0.39, 0.29) is 18.0 Å². The summed E-state index contributed by atoms with van der Waals surface area (Å²) in [6.07, 6.45) is 0.303. The fraction of sp³-hybridized carbons (Fsp3) is 0.273. The van der Waals surface area contributed by atoms with Crippen molar-refractivity contribution in [2.45, 2.75) is 32.8 Å². The van der Waals surface area contributed by atoms with Gasteiger partial charge in [-0.15, -0.1) is 0 Å². The van der Waals surface area contributed by atoms with Crippen LogP contribution in [0.5, 0.6) is 5.75 Å². The molecule has 138 valence electrons. The van der Waals surface area contributed by atoms with Gasteiger partial charge >= 0.3 is 5.97 Å². The molecule has 0 saturated heterocycles. The van der Waals surface area contributed by atoms with Gasteiger partial charge in [0.25, 0.3) is 0 Å². The van der Waals surface area contributed by atoms with Gasteiger partial charge in [0.2, 0.25) is 0 Å². The number of carbonyl (C=O) groups is 2. The van der Waals surface area contributed by atoms with Crippen LogP contribution in [-0.4, -0.2) is 24.0 Å². The van der Waals surface area contributed by atoms with Crippen LogP contribution in [0.3, 0.4) is 0 Å². The van der Waals surface area contributed by atoms with E-state index in [0.717, 1.165) is 0 Å². The van der Waals surface area contributed by atoms with Gasteiger partial charge in [-0.3, -0.25) is 4.79 Å².